The van der Waals surface area contributed by atoms with Gasteiger partial charge in [-0.3, -0.25) is 19.3 Å². The molecular weight excluding hydrogens is 324 g/mol. The Morgan fingerprint density at radius 3 is 2.80 bits per heavy atom. The number of carbonyl (C=O) groups is 3. The minimum atomic E-state index is -0.580. The molecule has 0 unspecified atom stereocenters. The Bertz CT molecular complexity index is 635. The molecule has 0 bridgehead atoms. The Labute approximate surface area is 146 Å². The number of methoxy groups -OCH3 is 1. The van der Waals surface area contributed by atoms with Gasteiger partial charge in [0.1, 0.15) is 5.75 Å². The average Bonchev–Trinajstić information content (AvgIpc) is 2.63. The standard InChI is InChI=1S/C17H24N4O4/c1-18-16(23)10-20-15(22)9-13-17(24)19-7-8-21(13)11-12-5-3-4-6-14(12)25-2/h3-6,13H,7-11H2,1-2H3,(H,18,23)(H,19,24)(H,20,22)/t13-/m1/s1. The van der Waals surface area contributed by atoms with E-state index in [0.717, 1.165) is 11.3 Å². The highest BCUT2D eigenvalue weighted by Crippen LogP contribution is 2.21. The molecule has 8 heteroatoms. The van der Waals surface area contributed by atoms with Gasteiger partial charge in [0.05, 0.1) is 26.1 Å². The summed E-state index contributed by atoms with van der Waals surface area (Å²) in [7, 11) is 3.10. The van der Waals surface area contributed by atoms with E-state index >= 15 is 0 Å². The first-order valence-corrected chi connectivity index (χ1v) is 8.16. The van der Waals surface area contributed by atoms with Crippen LogP contribution < -0.4 is 20.7 Å². The van der Waals surface area contributed by atoms with Crippen molar-refractivity contribution in [1.82, 2.24) is 20.9 Å². The third-order valence-electron chi connectivity index (χ3n) is 4.11. The van der Waals surface area contributed by atoms with E-state index < -0.39 is 6.04 Å². The van der Waals surface area contributed by atoms with E-state index in [9.17, 15) is 14.4 Å². The fraction of sp³-hybridized carbons (Fsp3) is 0.471. The molecule has 1 aliphatic rings. The second-order valence-corrected chi connectivity index (χ2v) is 5.74. The van der Waals surface area contributed by atoms with Crippen LogP contribution in [0.5, 0.6) is 5.75 Å². The highest BCUT2D eigenvalue weighted by Gasteiger charge is 2.32. The highest BCUT2D eigenvalue weighted by molar-refractivity contribution is 5.90. The number of likely N-dealkylation sites (N-methyl/N-ethyl adjacent to an activating group) is 1. The Morgan fingerprint density at radius 1 is 1.32 bits per heavy atom. The molecular formula is C17H24N4O4. The first-order chi connectivity index (χ1) is 12.0. The molecule has 1 heterocycles. The topological polar surface area (TPSA) is 99.8 Å². The van der Waals surface area contributed by atoms with Crippen LogP contribution >= 0.6 is 0 Å². The van der Waals surface area contributed by atoms with Crippen molar-refractivity contribution >= 4 is 17.7 Å². The lowest BCUT2D eigenvalue weighted by atomic mass is 10.1. The van der Waals surface area contributed by atoms with Crippen LogP contribution in [0.2, 0.25) is 0 Å². The molecule has 1 atom stereocenters. The fourth-order valence-electron chi connectivity index (χ4n) is 2.74. The molecule has 2 rings (SSSR count). The average molecular weight is 348 g/mol. The van der Waals surface area contributed by atoms with E-state index in [-0.39, 0.29) is 30.7 Å². The predicted molar refractivity (Wildman–Crippen MR) is 91.9 cm³/mol. The Balaban J connectivity index is 2.03. The lowest BCUT2D eigenvalue weighted by Crippen LogP contribution is -2.56. The number of hydrogen-bond acceptors (Lipinski definition) is 5. The monoisotopic (exact) mass is 348 g/mol. The summed E-state index contributed by atoms with van der Waals surface area (Å²) in [5, 5.41) is 7.74. The van der Waals surface area contributed by atoms with Crippen LogP contribution in [-0.2, 0) is 20.9 Å². The predicted octanol–water partition coefficient (Wildman–Crippen LogP) is -0.752. The molecule has 0 spiro atoms. The smallest absolute Gasteiger partial charge is 0.239 e. The van der Waals surface area contributed by atoms with Gasteiger partial charge in [-0.05, 0) is 6.07 Å². The lowest BCUT2D eigenvalue weighted by molar-refractivity contribution is -0.134. The molecule has 8 nitrogen and oxygen atoms in total. The molecule has 1 aromatic carbocycles. The maximum absolute atomic E-state index is 12.2. The second kappa shape index (κ2) is 9.03. The molecule has 136 valence electrons. The van der Waals surface area contributed by atoms with Crippen LogP contribution in [0.4, 0.5) is 0 Å². The van der Waals surface area contributed by atoms with Crippen molar-refractivity contribution in [3.8, 4) is 5.75 Å². The number of carbonyl (C=O) groups excluding carboxylic acids is 3. The summed E-state index contributed by atoms with van der Waals surface area (Å²) < 4.78 is 5.36. The minimum Gasteiger partial charge on any atom is -0.496 e. The van der Waals surface area contributed by atoms with Crippen LogP contribution in [0, 0.1) is 0 Å². The molecule has 1 fully saturated rings. The Morgan fingerprint density at radius 2 is 2.08 bits per heavy atom. The number of nitrogens with zero attached hydrogens (tertiary/aromatic N) is 1. The molecule has 0 saturated carbocycles. The van der Waals surface area contributed by atoms with Crippen molar-refractivity contribution in [2.75, 3.05) is 33.8 Å². The third kappa shape index (κ3) is 5.18. The van der Waals surface area contributed by atoms with Gasteiger partial charge < -0.3 is 20.7 Å². The second-order valence-electron chi connectivity index (χ2n) is 5.74. The number of para-hydroxylation sites is 1. The summed E-state index contributed by atoms with van der Waals surface area (Å²) in [4.78, 5) is 37.5. The van der Waals surface area contributed by atoms with Crippen LogP contribution in [0.25, 0.3) is 0 Å². The van der Waals surface area contributed by atoms with Crippen molar-refractivity contribution in [3.63, 3.8) is 0 Å². The van der Waals surface area contributed by atoms with Crippen molar-refractivity contribution in [2.45, 2.75) is 19.0 Å². The van der Waals surface area contributed by atoms with Crippen molar-refractivity contribution < 1.29 is 19.1 Å². The summed E-state index contributed by atoms with van der Waals surface area (Å²) in [6.45, 7) is 1.57. The molecule has 0 aromatic heterocycles. The van der Waals surface area contributed by atoms with Gasteiger partial charge in [0, 0.05) is 32.2 Å². The van der Waals surface area contributed by atoms with Crippen LogP contribution in [0.3, 0.4) is 0 Å². The lowest BCUT2D eigenvalue weighted by Gasteiger charge is -2.35. The summed E-state index contributed by atoms with van der Waals surface area (Å²) in [6.07, 6.45) is -0.00201. The van der Waals surface area contributed by atoms with Gasteiger partial charge >= 0.3 is 0 Å². The van der Waals surface area contributed by atoms with Gasteiger partial charge in [0.25, 0.3) is 0 Å². The Hall–Kier alpha value is -2.61. The van der Waals surface area contributed by atoms with Gasteiger partial charge in [0.15, 0.2) is 0 Å². The Kier molecular flexibility index (Phi) is 6.76. The van der Waals surface area contributed by atoms with Gasteiger partial charge in [-0.1, -0.05) is 18.2 Å². The van der Waals surface area contributed by atoms with E-state index in [0.29, 0.717) is 19.6 Å². The number of nitrogens with one attached hydrogen (secondary N) is 3. The largest absolute Gasteiger partial charge is 0.496 e. The zero-order chi connectivity index (χ0) is 18.2. The number of hydrogen-bond donors (Lipinski definition) is 3. The summed E-state index contributed by atoms with van der Waals surface area (Å²) >= 11 is 0. The first-order valence-electron chi connectivity index (χ1n) is 8.16. The molecule has 3 N–H and O–H groups in total. The highest BCUT2D eigenvalue weighted by atomic mass is 16.5. The number of piperazine rings is 1. The molecule has 0 aliphatic carbocycles. The van der Waals surface area contributed by atoms with Crippen molar-refractivity contribution in [3.05, 3.63) is 29.8 Å². The fourth-order valence-corrected chi connectivity index (χ4v) is 2.74. The number of ether oxygens (including phenoxy) is 1. The maximum Gasteiger partial charge on any atom is 0.239 e. The van der Waals surface area contributed by atoms with E-state index in [1.54, 1.807) is 7.11 Å². The number of amides is 3. The quantitative estimate of drug-likeness (QED) is 0.602. The third-order valence-corrected chi connectivity index (χ3v) is 4.11. The molecule has 1 saturated heterocycles. The molecule has 1 aliphatic heterocycles. The summed E-state index contributed by atoms with van der Waals surface area (Å²) in [5.74, 6) is -0.0597. The van der Waals surface area contributed by atoms with Crippen molar-refractivity contribution in [1.29, 1.82) is 0 Å². The summed E-state index contributed by atoms with van der Waals surface area (Å²) in [6, 6.07) is 7.02. The maximum atomic E-state index is 12.2. The van der Waals surface area contributed by atoms with Crippen molar-refractivity contribution in [2.24, 2.45) is 0 Å². The van der Waals surface area contributed by atoms with Crippen LogP contribution in [0.15, 0.2) is 24.3 Å². The van der Waals surface area contributed by atoms with E-state index in [1.807, 2.05) is 29.2 Å². The van der Waals surface area contributed by atoms with Crippen LogP contribution in [-0.4, -0.2) is 62.5 Å². The van der Waals surface area contributed by atoms with E-state index in [4.69, 9.17) is 4.74 Å². The van der Waals surface area contributed by atoms with E-state index in [1.165, 1.54) is 7.05 Å². The van der Waals surface area contributed by atoms with Gasteiger partial charge in [-0.2, -0.15) is 0 Å². The van der Waals surface area contributed by atoms with Gasteiger partial charge in [-0.25, -0.2) is 0 Å². The molecule has 0 radical (unpaired) electrons. The van der Waals surface area contributed by atoms with Crippen LogP contribution in [0.1, 0.15) is 12.0 Å². The zero-order valence-corrected chi connectivity index (χ0v) is 14.5. The molecule has 1 aromatic rings. The SMILES string of the molecule is CNC(=O)CNC(=O)C[C@@H]1C(=O)NCCN1Cc1ccccc1OC. The molecule has 3 amide bonds. The normalized spacial score (nSPS) is 17.5. The van der Waals surface area contributed by atoms with Gasteiger partial charge in [-0.15, -0.1) is 0 Å². The van der Waals surface area contributed by atoms with E-state index in [2.05, 4.69) is 16.0 Å². The molecule has 25 heavy (non-hydrogen) atoms. The zero-order valence-electron chi connectivity index (χ0n) is 14.5. The van der Waals surface area contributed by atoms with Gasteiger partial charge in [0.2, 0.25) is 17.7 Å². The first kappa shape index (κ1) is 18.7. The number of benzene rings is 1. The summed E-state index contributed by atoms with van der Waals surface area (Å²) in [5.41, 5.74) is 0.954. The minimum absolute atomic E-state index is 0.00201. The number of rotatable bonds is 7.